The number of benzene rings is 1. The Balaban J connectivity index is 2.04. The third kappa shape index (κ3) is 2.87. The van der Waals surface area contributed by atoms with E-state index >= 15 is 0 Å². The fourth-order valence-electron chi connectivity index (χ4n) is 2.84. The van der Waals surface area contributed by atoms with E-state index < -0.39 is 0 Å². The van der Waals surface area contributed by atoms with E-state index in [0.29, 0.717) is 12.1 Å². The molecule has 1 aliphatic rings. The van der Waals surface area contributed by atoms with Gasteiger partial charge < -0.3 is 0 Å². The third-order valence-electron chi connectivity index (χ3n) is 3.77. The molecule has 1 aromatic carbocycles. The van der Waals surface area contributed by atoms with Crippen molar-refractivity contribution in [1.82, 2.24) is 4.90 Å². The maximum atomic E-state index is 9.03. The van der Waals surface area contributed by atoms with Crippen LogP contribution in [-0.2, 0) is 6.54 Å². The van der Waals surface area contributed by atoms with Gasteiger partial charge in [-0.2, -0.15) is 5.26 Å². The quantitative estimate of drug-likeness (QED) is 0.777. The minimum atomic E-state index is 0.243. The largest absolute Gasteiger partial charge is 0.294 e. The average Bonchev–Trinajstić information content (AvgIpc) is 2.35. The number of nitriles is 1. The molecule has 0 aromatic heterocycles. The molecule has 0 spiro atoms. The smallest absolute Gasteiger partial charge is 0.0657 e. The van der Waals surface area contributed by atoms with Crippen LogP contribution in [-0.4, -0.2) is 17.0 Å². The first-order valence-corrected chi connectivity index (χ1v) is 6.40. The first-order chi connectivity index (χ1) is 8.20. The number of hydrogen-bond donors (Lipinski definition) is 0. The highest BCUT2D eigenvalue weighted by Gasteiger charge is 2.30. The van der Waals surface area contributed by atoms with E-state index in [4.69, 9.17) is 5.26 Å². The van der Waals surface area contributed by atoms with Crippen molar-refractivity contribution in [1.29, 1.82) is 5.26 Å². The summed E-state index contributed by atoms with van der Waals surface area (Å²) in [4.78, 5) is 2.52. The van der Waals surface area contributed by atoms with Crippen LogP contribution in [0.2, 0.25) is 0 Å². The van der Waals surface area contributed by atoms with Crippen LogP contribution in [0.3, 0.4) is 0 Å². The molecule has 0 bridgehead atoms. The van der Waals surface area contributed by atoms with Crippen LogP contribution in [0.25, 0.3) is 0 Å². The van der Waals surface area contributed by atoms with Crippen molar-refractivity contribution >= 4 is 0 Å². The normalized spacial score (nSPS) is 29.8. The molecular formula is C15H20N2. The number of likely N-dealkylation sites (tertiary alicyclic amines) is 1. The number of rotatable bonds is 2. The lowest BCUT2D eigenvalue weighted by atomic mass is 9.88. The molecule has 1 aliphatic heterocycles. The highest BCUT2D eigenvalue weighted by atomic mass is 15.2. The van der Waals surface area contributed by atoms with Crippen molar-refractivity contribution < 1.29 is 0 Å². The first-order valence-electron chi connectivity index (χ1n) is 6.40. The van der Waals surface area contributed by atoms with Crippen LogP contribution >= 0.6 is 0 Å². The fraction of sp³-hybridized carbons (Fsp3) is 0.533. The molecule has 1 aromatic rings. The van der Waals surface area contributed by atoms with Crippen molar-refractivity contribution in [3.05, 3.63) is 35.9 Å². The summed E-state index contributed by atoms with van der Waals surface area (Å²) in [5, 5.41) is 9.03. The topological polar surface area (TPSA) is 27.0 Å². The molecule has 0 radical (unpaired) electrons. The fourth-order valence-corrected chi connectivity index (χ4v) is 2.84. The highest BCUT2D eigenvalue weighted by Crippen LogP contribution is 2.28. The van der Waals surface area contributed by atoms with E-state index in [0.717, 1.165) is 19.4 Å². The second kappa shape index (κ2) is 5.33. The standard InChI is InChI=1S/C15H20N2/c1-12-8-15(10-16)9-13(2)17(12)11-14-6-4-3-5-7-14/h3-7,12-13,15H,8-9,11H2,1-2H3/t12-,13-/m0/s1. The van der Waals surface area contributed by atoms with Crippen LogP contribution in [0.4, 0.5) is 0 Å². The van der Waals surface area contributed by atoms with Crippen LogP contribution in [0.5, 0.6) is 0 Å². The zero-order valence-electron chi connectivity index (χ0n) is 10.6. The summed E-state index contributed by atoms with van der Waals surface area (Å²) in [6.07, 6.45) is 2.02. The summed E-state index contributed by atoms with van der Waals surface area (Å²) in [7, 11) is 0. The summed E-state index contributed by atoms with van der Waals surface area (Å²) in [6.45, 7) is 5.48. The second-order valence-corrected chi connectivity index (χ2v) is 5.15. The Hall–Kier alpha value is -1.33. The Kier molecular flexibility index (Phi) is 3.81. The zero-order valence-corrected chi connectivity index (χ0v) is 10.6. The molecular weight excluding hydrogens is 208 g/mol. The van der Waals surface area contributed by atoms with Gasteiger partial charge in [0.05, 0.1) is 6.07 Å². The molecule has 2 heteroatoms. The average molecular weight is 228 g/mol. The van der Waals surface area contributed by atoms with Crippen molar-refractivity contribution in [3.8, 4) is 6.07 Å². The molecule has 2 atom stereocenters. The molecule has 17 heavy (non-hydrogen) atoms. The Bertz CT molecular complexity index is 381. The molecule has 0 aliphatic carbocycles. The molecule has 2 nitrogen and oxygen atoms in total. The van der Waals surface area contributed by atoms with Crippen LogP contribution in [0.15, 0.2) is 30.3 Å². The number of piperidine rings is 1. The van der Waals surface area contributed by atoms with Gasteiger partial charge in [-0.05, 0) is 32.3 Å². The zero-order chi connectivity index (χ0) is 12.3. The molecule has 1 fully saturated rings. The summed E-state index contributed by atoms with van der Waals surface area (Å²) >= 11 is 0. The van der Waals surface area contributed by atoms with Gasteiger partial charge in [-0.15, -0.1) is 0 Å². The van der Waals surface area contributed by atoms with E-state index in [1.165, 1.54) is 5.56 Å². The molecule has 0 amide bonds. The maximum Gasteiger partial charge on any atom is 0.0657 e. The minimum Gasteiger partial charge on any atom is -0.294 e. The van der Waals surface area contributed by atoms with E-state index in [9.17, 15) is 0 Å². The van der Waals surface area contributed by atoms with Gasteiger partial charge in [0, 0.05) is 24.5 Å². The van der Waals surface area contributed by atoms with Gasteiger partial charge in [-0.1, -0.05) is 30.3 Å². The number of nitrogens with zero attached hydrogens (tertiary/aromatic N) is 2. The van der Waals surface area contributed by atoms with E-state index in [2.05, 4.69) is 55.1 Å². The van der Waals surface area contributed by atoms with Gasteiger partial charge >= 0.3 is 0 Å². The van der Waals surface area contributed by atoms with Gasteiger partial charge in [0.25, 0.3) is 0 Å². The summed E-state index contributed by atoms with van der Waals surface area (Å²) in [5.41, 5.74) is 1.36. The molecule has 2 rings (SSSR count). The monoisotopic (exact) mass is 228 g/mol. The van der Waals surface area contributed by atoms with Crippen LogP contribution < -0.4 is 0 Å². The summed E-state index contributed by atoms with van der Waals surface area (Å²) in [5.74, 6) is 0.243. The second-order valence-electron chi connectivity index (χ2n) is 5.15. The predicted octanol–water partition coefficient (Wildman–Crippen LogP) is 3.20. The first kappa shape index (κ1) is 12.1. The Morgan fingerprint density at radius 2 is 1.76 bits per heavy atom. The molecule has 1 heterocycles. The van der Waals surface area contributed by atoms with Crippen molar-refractivity contribution in [2.75, 3.05) is 0 Å². The molecule has 0 N–H and O–H groups in total. The lowest BCUT2D eigenvalue weighted by Crippen LogP contribution is -2.45. The Labute approximate surface area is 104 Å². The van der Waals surface area contributed by atoms with Gasteiger partial charge in [-0.25, -0.2) is 0 Å². The van der Waals surface area contributed by atoms with E-state index in [-0.39, 0.29) is 5.92 Å². The van der Waals surface area contributed by atoms with Crippen LogP contribution in [0, 0.1) is 17.2 Å². The minimum absolute atomic E-state index is 0.243. The van der Waals surface area contributed by atoms with Crippen molar-refractivity contribution in [2.24, 2.45) is 5.92 Å². The Morgan fingerprint density at radius 3 is 2.29 bits per heavy atom. The lowest BCUT2D eigenvalue weighted by Gasteiger charge is -2.40. The summed E-state index contributed by atoms with van der Waals surface area (Å²) < 4.78 is 0. The summed E-state index contributed by atoms with van der Waals surface area (Å²) in [6, 6.07) is 14.0. The highest BCUT2D eigenvalue weighted by molar-refractivity contribution is 5.15. The third-order valence-corrected chi connectivity index (χ3v) is 3.77. The molecule has 90 valence electrons. The van der Waals surface area contributed by atoms with Gasteiger partial charge in [0.15, 0.2) is 0 Å². The lowest BCUT2D eigenvalue weighted by molar-refractivity contribution is 0.0774. The van der Waals surface area contributed by atoms with Gasteiger partial charge in [0.2, 0.25) is 0 Å². The SMILES string of the molecule is C[C@H]1CC(C#N)C[C@H](C)N1Cc1ccccc1. The van der Waals surface area contributed by atoms with Gasteiger partial charge in [0.1, 0.15) is 0 Å². The Morgan fingerprint density at radius 1 is 1.18 bits per heavy atom. The molecule has 1 saturated heterocycles. The number of hydrogen-bond acceptors (Lipinski definition) is 2. The maximum absolute atomic E-state index is 9.03. The van der Waals surface area contributed by atoms with Crippen molar-refractivity contribution in [2.45, 2.75) is 45.3 Å². The van der Waals surface area contributed by atoms with Crippen molar-refractivity contribution in [3.63, 3.8) is 0 Å². The van der Waals surface area contributed by atoms with E-state index in [1.54, 1.807) is 0 Å². The van der Waals surface area contributed by atoms with E-state index in [1.807, 2.05) is 0 Å². The molecule has 0 unspecified atom stereocenters. The van der Waals surface area contributed by atoms with Crippen LogP contribution in [0.1, 0.15) is 32.3 Å². The van der Waals surface area contributed by atoms with Gasteiger partial charge in [-0.3, -0.25) is 4.90 Å². The predicted molar refractivity (Wildman–Crippen MR) is 69.2 cm³/mol. The molecule has 0 saturated carbocycles.